The van der Waals surface area contributed by atoms with Gasteiger partial charge in [-0.2, -0.15) is 0 Å². The Balaban J connectivity index is 1.07. The van der Waals surface area contributed by atoms with Crippen molar-refractivity contribution in [1.29, 1.82) is 0 Å². The third kappa shape index (κ3) is 1.81. The van der Waals surface area contributed by atoms with Gasteiger partial charge in [0.25, 0.3) is 0 Å². The number of benzene rings is 19. The smallest absolute Gasteiger partial charge is 0.0575 e. The van der Waals surface area contributed by atoms with E-state index in [1.165, 1.54) is 11.1 Å². The molecule has 1 fully saturated rings. The van der Waals surface area contributed by atoms with Gasteiger partial charge in [-0.05, 0) is 348 Å². The minimum Gasteiger partial charge on any atom is -0.297 e. The van der Waals surface area contributed by atoms with Gasteiger partial charge in [0, 0.05) is 12.6 Å². The van der Waals surface area contributed by atoms with Crippen LogP contribution in [0.4, 0.5) is 0 Å². The van der Waals surface area contributed by atoms with Crippen LogP contribution in [-0.4, -0.2) is 18.5 Å². The highest BCUT2D eigenvalue weighted by Gasteiger charge is 2.76. The van der Waals surface area contributed by atoms with Crippen molar-refractivity contribution >= 4 is 291 Å². The van der Waals surface area contributed by atoms with Crippen LogP contribution in [0.2, 0.25) is 0 Å². The quantitative estimate of drug-likeness (QED) is 0.148. The molecule has 0 radical (unpaired) electrons. The molecule has 78 heavy (non-hydrogen) atoms. The minimum absolute atomic E-state index is 0.00270. The van der Waals surface area contributed by atoms with Crippen LogP contribution in [0.25, 0.3) is 291 Å². The van der Waals surface area contributed by atoms with Crippen molar-refractivity contribution in [2.75, 3.05) is 13.6 Å². The Kier molecular flexibility index (Phi) is 2.94. The van der Waals surface area contributed by atoms with Crippen LogP contribution in [0.1, 0.15) is 86.5 Å². The Bertz CT molecular complexity index is 7500. The van der Waals surface area contributed by atoms with E-state index in [1.807, 2.05) is 0 Å². The summed E-state index contributed by atoms with van der Waals surface area (Å²) in [7, 11) is 2.62. The van der Waals surface area contributed by atoms with Crippen molar-refractivity contribution in [2.24, 2.45) is 0 Å². The second-order valence-electron chi connectivity index (χ2n) is 31.1. The zero-order chi connectivity index (χ0) is 48.2. The number of likely N-dealkylation sites (N-methyl/N-ethyl adjacent to an activating group) is 1. The maximum absolute atomic E-state index is 3.01. The lowest BCUT2D eigenvalue weighted by atomic mass is 9.47. The Morgan fingerprint density at radius 2 is 0.449 bits per heavy atom. The van der Waals surface area contributed by atoms with Gasteiger partial charge in [0.15, 0.2) is 0 Å². The van der Waals surface area contributed by atoms with E-state index < -0.39 is 0 Å². The van der Waals surface area contributed by atoms with E-state index in [0.29, 0.717) is 0 Å². The van der Waals surface area contributed by atoms with E-state index in [0.717, 1.165) is 6.54 Å². The standard InChI is InChI=1S/C77H27N/c1-74(2,3)13-8-12(9-14(10-13)75(4,5)6)73-77-71-65-59-49-37-29-21-17-15-16-19-23(21)31(37)41-35-27(19)28-20(16)24-22-18(15)26-25(17)33-39(29)47-53-43(33)44-34(26)40-30(22)38-32(24)42-36(28)46-45(35)57(51(41)59)67(71)68-58(46)52(42)60-50(38)56-48(40)54(44)62-61(53)69(63(65)55(47)49)76(77,11-78(73)7)70(62)64(56)66(60)72(68)77/h8-10,73H,11H2,1-7H3. The predicted octanol–water partition coefficient (Wildman–Crippen LogP) is 20.6. The van der Waals surface area contributed by atoms with Gasteiger partial charge in [0.2, 0.25) is 0 Å². The summed E-state index contributed by atoms with van der Waals surface area (Å²) in [6.07, 6.45) is 0. The molecule has 29 aromatic carbocycles. The van der Waals surface area contributed by atoms with Crippen molar-refractivity contribution in [3.8, 4) is 0 Å². The first-order valence-corrected chi connectivity index (χ1v) is 29.7. The van der Waals surface area contributed by atoms with Gasteiger partial charge >= 0.3 is 0 Å². The number of nitrogens with zero attached hydrogens (tertiary/aromatic N) is 1. The third-order valence-electron chi connectivity index (χ3n) is 27.9. The predicted molar refractivity (Wildman–Crippen MR) is 333 cm³/mol. The molecule has 5 aliphatic rings. The molecule has 0 amide bonds. The lowest BCUT2D eigenvalue weighted by Crippen LogP contribution is -2.52. The molecule has 340 valence electrons. The highest BCUT2D eigenvalue weighted by molar-refractivity contribution is 6.82. The lowest BCUT2D eigenvalue weighted by molar-refractivity contribution is 0.270. The van der Waals surface area contributed by atoms with Gasteiger partial charge in [0.1, 0.15) is 0 Å². The molecule has 34 rings (SSSR count). The van der Waals surface area contributed by atoms with E-state index >= 15 is 0 Å². The monoisotopic (exact) mass is 965 g/mol. The first kappa shape index (κ1) is 31.8. The third-order valence-corrected chi connectivity index (χ3v) is 27.9. The van der Waals surface area contributed by atoms with E-state index in [4.69, 9.17) is 0 Å². The summed E-state index contributed by atoms with van der Waals surface area (Å²) in [4.78, 5) is 3.01. The van der Waals surface area contributed by atoms with Crippen LogP contribution >= 0.6 is 0 Å². The van der Waals surface area contributed by atoms with E-state index in [2.05, 4.69) is 71.7 Å². The summed E-state index contributed by atoms with van der Waals surface area (Å²) < 4.78 is 0. The summed E-state index contributed by atoms with van der Waals surface area (Å²) >= 11 is 0. The van der Waals surface area contributed by atoms with Crippen molar-refractivity contribution in [3.05, 3.63) is 57.1 Å². The molecule has 1 atom stereocenters. The summed E-state index contributed by atoms with van der Waals surface area (Å²) in [5.74, 6) is 0. The van der Waals surface area contributed by atoms with Crippen molar-refractivity contribution in [1.82, 2.24) is 4.90 Å². The SMILES string of the molecule is CN1CC23c4c5c6c7c8c9c(c%10c%11c2c2c4c4c%12c5c5c6c6c8c8c%13c9c9c%10c%10c%11c%11c2c2c4c4c%12c%12c5c5c6c8c6c8c%13c9c9c%10c%10c%11c2c2c4c4c%12c5c6c5c8c9c%10c2c45)C73C1c1cc(C(C)(C)C)cc(C(C)(C)C)c1. The molecule has 1 heteroatoms. The number of rotatable bonds is 1. The van der Waals surface area contributed by atoms with E-state index in [-0.39, 0.29) is 27.7 Å². The first-order valence-electron chi connectivity index (χ1n) is 29.7. The molecule has 0 saturated carbocycles. The second-order valence-corrected chi connectivity index (χ2v) is 31.1. The van der Waals surface area contributed by atoms with Gasteiger partial charge in [-0.3, -0.25) is 4.90 Å². The molecular formula is C77H27N. The highest BCUT2D eigenvalue weighted by atomic mass is 15.2. The fourth-order valence-electron chi connectivity index (χ4n) is 27.2. The van der Waals surface area contributed by atoms with Crippen LogP contribution < -0.4 is 0 Å². The van der Waals surface area contributed by atoms with Crippen molar-refractivity contribution in [3.63, 3.8) is 0 Å². The minimum atomic E-state index is -0.348. The summed E-state index contributed by atoms with van der Waals surface area (Å²) in [5, 5.41) is 90.6. The Labute approximate surface area is 433 Å². The topological polar surface area (TPSA) is 3.24 Å². The summed E-state index contributed by atoms with van der Waals surface area (Å²) in [6.45, 7) is 15.9. The Hall–Kier alpha value is -8.36. The van der Waals surface area contributed by atoms with Gasteiger partial charge in [-0.1, -0.05) is 59.7 Å². The molecule has 29 aromatic rings. The van der Waals surface area contributed by atoms with Gasteiger partial charge in [-0.25, -0.2) is 0 Å². The molecule has 0 aromatic heterocycles. The average Bonchev–Trinajstić information content (AvgIpc) is 1.42. The molecule has 1 saturated heterocycles. The molecule has 4 aliphatic carbocycles. The van der Waals surface area contributed by atoms with Crippen LogP contribution in [-0.2, 0) is 21.7 Å². The number of hydrogen-bond donors (Lipinski definition) is 0. The van der Waals surface area contributed by atoms with Crippen LogP contribution in [0.3, 0.4) is 0 Å². The lowest BCUT2D eigenvalue weighted by Gasteiger charge is -2.52. The van der Waals surface area contributed by atoms with Crippen LogP contribution in [0.5, 0.6) is 0 Å². The van der Waals surface area contributed by atoms with Crippen molar-refractivity contribution in [2.45, 2.75) is 69.2 Å². The fourth-order valence-corrected chi connectivity index (χ4v) is 27.2. The molecule has 1 nitrogen and oxygen atoms in total. The maximum Gasteiger partial charge on any atom is 0.0575 e. The molecule has 1 aliphatic heterocycles. The summed E-state index contributed by atoms with van der Waals surface area (Å²) in [5.41, 5.74) is 11.0. The zero-order valence-corrected chi connectivity index (χ0v) is 43.0. The summed E-state index contributed by atoms with van der Waals surface area (Å²) in [6, 6.07) is 8.28. The first-order chi connectivity index (χ1) is 38.1. The molecule has 1 unspecified atom stereocenters. The molecular weight excluding hydrogens is 939 g/mol. The largest absolute Gasteiger partial charge is 0.297 e. The molecule has 2 spiro atoms. The highest BCUT2D eigenvalue weighted by Crippen LogP contribution is 2.87. The number of hydrogen-bond acceptors (Lipinski definition) is 1. The molecule has 0 bridgehead atoms. The van der Waals surface area contributed by atoms with E-state index in [9.17, 15) is 0 Å². The van der Waals surface area contributed by atoms with Gasteiger partial charge in [0.05, 0.1) is 10.8 Å². The second kappa shape index (κ2) is 7.21. The van der Waals surface area contributed by atoms with Crippen LogP contribution in [0, 0.1) is 0 Å². The molecule has 0 N–H and O–H groups in total. The van der Waals surface area contributed by atoms with E-state index in [1.54, 1.807) is 319 Å². The maximum atomic E-state index is 3.01. The average molecular weight is 966 g/mol. The van der Waals surface area contributed by atoms with Crippen LogP contribution in [0.15, 0.2) is 18.2 Å². The fraction of sp³-hybridized carbons (Fsp3) is 0.169. The molecule has 1 heterocycles. The van der Waals surface area contributed by atoms with Crippen molar-refractivity contribution < 1.29 is 0 Å². The Morgan fingerprint density at radius 3 is 0.641 bits per heavy atom. The van der Waals surface area contributed by atoms with Gasteiger partial charge < -0.3 is 0 Å². The number of likely N-dealkylation sites (tertiary alicyclic amines) is 1. The van der Waals surface area contributed by atoms with Gasteiger partial charge in [-0.15, -0.1) is 0 Å². The normalized spacial score (nSPS) is 23.2. The zero-order valence-electron chi connectivity index (χ0n) is 43.0. The Morgan fingerprint density at radius 1 is 0.269 bits per heavy atom.